The van der Waals surface area contributed by atoms with E-state index < -0.39 is 0 Å². The lowest BCUT2D eigenvalue weighted by Crippen LogP contribution is -1.68. The first kappa shape index (κ1) is 8.78. The smallest absolute Gasteiger partial charge is 0.0487 e. The van der Waals surface area contributed by atoms with Crippen LogP contribution in [0.2, 0.25) is 0 Å². The van der Waals surface area contributed by atoms with Crippen molar-refractivity contribution in [1.82, 2.24) is 9.97 Å². The molecule has 0 bridgehead atoms. The van der Waals surface area contributed by atoms with E-state index in [2.05, 4.69) is 16.0 Å². The molecule has 2 heteroatoms. The largest absolute Gasteiger partial charge is 0.359 e. The third-order valence-corrected chi connectivity index (χ3v) is 1.56. The van der Waals surface area contributed by atoms with Gasteiger partial charge in [0.15, 0.2) is 0 Å². The molecule has 0 unspecified atom stereocenters. The van der Waals surface area contributed by atoms with Crippen molar-refractivity contribution >= 4 is 10.9 Å². The van der Waals surface area contributed by atoms with Crippen LogP contribution in [0.4, 0.5) is 0 Å². The van der Waals surface area contributed by atoms with Crippen molar-refractivity contribution < 1.29 is 0 Å². The second kappa shape index (κ2) is 3.90. The van der Waals surface area contributed by atoms with Crippen molar-refractivity contribution in [3.05, 3.63) is 30.2 Å². The minimum absolute atomic E-state index is 1.16. The maximum atomic E-state index is 4.01. The lowest BCUT2D eigenvalue weighted by Gasteiger charge is -1.83. The molecule has 2 nitrogen and oxygen atoms in total. The van der Waals surface area contributed by atoms with Crippen LogP contribution in [0.15, 0.2) is 24.5 Å². The molecule has 0 spiro atoms. The number of aromatic nitrogens is 2. The second-order valence-electron chi connectivity index (χ2n) is 2.42. The quantitative estimate of drug-likeness (QED) is 0.634. The SMILES string of the molecule is CC.Cc1cc2cnccc2[nH]1. The molecular formula is C10H14N2. The molecule has 2 aromatic rings. The number of hydrogen-bond donors (Lipinski definition) is 1. The van der Waals surface area contributed by atoms with Gasteiger partial charge >= 0.3 is 0 Å². The number of nitrogens with zero attached hydrogens (tertiary/aromatic N) is 1. The Bertz CT molecular complexity index is 316. The highest BCUT2D eigenvalue weighted by atomic mass is 14.7. The first-order chi connectivity index (χ1) is 5.86. The predicted octanol–water partition coefficient (Wildman–Crippen LogP) is 2.90. The van der Waals surface area contributed by atoms with Crippen molar-refractivity contribution in [3.63, 3.8) is 0 Å². The van der Waals surface area contributed by atoms with E-state index in [4.69, 9.17) is 0 Å². The summed E-state index contributed by atoms with van der Waals surface area (Å²) in [7, 11) is 0. The van der Waals surface area contributed by atoms with Crippen LogP contribution in [-0.4, -0.2) is 9.97 Å². The van der Waals surface area contributed by atoms with Crippen molar-refractivity contribution in [2.45, 2.75) is 20.8 Å². The van der Waals surface area contributed by atoms with Gasteiger partial charge in [-0.15, -0.1) is 0 Å². The molecule has 0 saturated carbocycles. The Balaban J connectivity index is 0.000000336. The van der Waals surface area contributed by atoms with E-state index >= 15 is 0 Å². The van der Waals surface area contributed by atoms with Gasteiger partial charge in [0.1, 0.15) is 0 Å². The van der Waals surface area contributed by atoms with Gasteiger partial charge in [0, 0.05) is 29.0 Å². The van der Waals surface area contributed by atoms with Crippen molar-refractivity contribution in [2.24, 2.45) is 0 Å². The molecular weight excluding hydrogens is 148 g/mol. The molecule has 0 radical (unpaired) electrons. The molecule has 2 rings (SSSR count). The van der Waals surface area contributed by atoms with Gasteiger partial charge in [0.05, 0.1) is 0 Å². The molecule has 2 heterocycles. The highest BCUT2D eigenvalue weighted by molar-refractivity contribution is 5.78. The first-order valence-electron chi connectivity index (χ1n) is 4.25. The summed E-state index contributed by atoms with van der Waals surface area (Å²) in [4.78, 5) is 7.22. The summed E-state index contributed by atoms with van der Waals surface area (Å²) in [6, 6.07) is 4.06. The Morgan fingerprint density at radius 2 is 2.08 bits per heavy atom. The van der Waals surface area contributed by atoms with Crippen molar-refractivity contribution in [2.75, 3.05) is 0 Å². The van der Waals surface area contributed by atoms with Crippen LogP contribution in [-0.2, 0) is 0 Å². The topological polar surface area (TPSA) is 28.7 Å². The summed E-state index contributed by atoms with van der Waals surface area (Å²) < 4.78 is 0. The number of aromatic amines is 1. The number of nitrogens with one attached hydrogen (secondary N) is 1. The molecule has 0 aliphatic carbocycles. The molecule has 0 atom stereocenters. The first-order valence-corrected chi connectivity index (χ1v) is 4.25. The number of aryl methyl sites for hydroxylation is 1. The molecule has 0 aliphatic heterocycles. The highest BCUT2D eigenvalue weighted by Gasteiger charge is 1.93. The molecule has 2 aromatic heterocycles. The minimum Gasteiger partial charge on any atom is -0.359 e. The monoisotopic (exact) mass is 162 g/mol. The number of hydrogen-bond acceptors (Lipinski definition) is 1. The number of fused-ring (bicyclic) bond motifs is 1. The average Bonchev–Trinajstić information content (AvgIpc) is 2.48. The van der Waals surface area contributed by atoms with E-state index in [0.717, 1.165) is 5.52 Å². The summed E-state index contributed by atoms with van der Waals surface area (Å²) in [6.45, 7) is 6.04. The van der Waals surface area contributed by atoms with E-state index in [9.17, 15) is 0 Å². The molecule has 12 heavy (non-hydrogen) atoms. The number of H-pyrrole nitrogens is 1. The molecule has 1 N–H and O–H groups in total. The van der Waals surface area contributed by atoms with Crippen LogP contribution in [0.25, 0.3) is 10.9 Å². The third kappa shape index (κ3) is 1.64. The zero-order chi connectivity index (χ0) is 8.97. The zero-order valence-electron chi connectivity index (χ0n) is 7.76. The molecule has 0 aromatic carbocycles. The van der Waals surface area contributed by atoms with Gasteiger partial charge in [-0.2, -0.15) is 0 Å². The summed E-state index contributed by atoms with van der Waals surface area (Å²) in [6.07, 6.45) is 3.65. The lowest BCUT2D eigenvalue weighted by molar-refractivity contribution is 1.29. The van der Waals surface area contributed by atoms with Crippen LogP contribution in [0.1, 0.15) is 19.5 Å². The Hall–Kier alpha value is -1.31. The van der Waals surface area contributed by atoms with Gasteiger partial charge in [0.2, 0.25) is 0 Å². The summed E-state index contributed by atoms with van der Waals surface area (Å²) >= 11 is 0. The summed E-state index contributed by atoms with van der Waals surface area (Å²) in [5.41, 5.74) is 2.34. The van der Waals surface area contributed by atoms with E-state index in [0.29, 0.717) is 0 Å². The normalized spacial score (nSPS) is 9.25. The number of pyridine rings is 1. The Morgan fingerprint density at radius 1 is 1.33 bits per heavy atom. The van der Waals surface area contributed by atoms with Gasteiger partial charge in [-0.1, -0.05) is 13.8 Å². The number of rotatable bonds is 0. The highest BCUT2D eigenvalue weighted by Crippen LogP contribution is 2.11. The summed E-state index contributed by atoms with van der Waals surface area (Å²) in [5, 5.41) is 1.18. The van der Waals surface area contributed by atoms with Gasteiger partial charge in [-0.3, -0.25) is 4.98 Å². The van der Waals surface area contributed by atoms with Crippen molar-refractivity contribution in [1.29, 1.82) is 0 Å². The lowest BCUT2D eigenvalue weighted by atomic mass is 10.3. The van der Waals surface area contributed by atoms with E-state index in [1.165, 1.54) is 11.1 Å². The van der Waals surface area contributed by atoms with Gasteiger partial charge in [-0.25, -0.2) is 0 Å². The average molecular weight is 162 g/mol. The van der Waals surface area contributed by atoms with Crippen LogP contribution in [0, 0.1) is 6.92 Å². The van der Waals surface area contributed by atoms with Gasteiger partial charge < -0.3 is 4.98 Å². The third-order valence-electron chi connectivity index (χ3n) is 1.56. The van der Waals surface area contributed by atoms with Gasteiger partial charge in [0.25, 0.3) is 0 Å². The Labute approximate surface area is 72.6 Å². The second-order valence-corrected chi connectivity index (χ2v) is 2.42. The molecule has 0 amide bonds. The Morgan fingerprint density at radius 3 is 2.75 bits per heavy atom. The fourth-order valence-corrected chi connectivity index (χ4v) is 1.12. The molecule has 64 valence electrons. The summed E-state index contributed by atoms with van der Waals surface area (Å²) in [5.74, 6) is 0. The predicted molar refractivity (Wildman–Crippen MR) is 52.2 cm³/mol. The molecule has 0 saturated heterocycles. The molecule has 0 aliphatic rings. The fraction of sp³-hybridized carbons (Fsp3) is 0.300. The maximum absolute atomic E-state index is 4.01. The van der Waals surface area contributed by atoms with E-state index in [-0.39, 0.29) is 0 Å². The standard InChI is InChI=1S/C8H8N2.C2H6/c1-6-4-7-5-9-3-2-8(7)10-6;1-2/h2-5,10H,1H3;1-2H3. The molecule has 0 fully saturated rings. The van der Waals surface area contributed by atoms with Crippen LogP contribution in [0.5, 0.6) is 0 Å². The van der Waals surface area contributed by atoms with Crippen LogP contribution < -0.4 is 0 Å². The Kier molecular flexibility index (Phi) is 2.86. The zero-order valence-corrected chi connectivity index (χ0v) is 7.76. The minimum atomic E-state index is 1.16. The van der Waals surface area contributed by atoms with E-state index in [1.54, 1.807) is 6.20 Å². The van der Waals surface area contributed by atoms with Crippen LogP contribution in [0.3, 0.4) is 0 Å². The fourth-order valence-electron chi connectivity index (χ4n) is 1.12. The maximum Gasteiger partial charge on any atom is 0.0487 e. The van der Waals surface area contributed by atoms with Crippen molar-refractivity contribution in [3.8, 4) is 0 Å². The van der Waals surface area contributed by atoms with E-state index in [1.807, 2.05) is 33.0 Å². The van der Waals surface area contributed by atoms with Gasteiger partial charge in [-0.05, 0) is 19.1 Å². The van der Waals surface area contributed by atoms with Crippen LogP contribution >= 0.6 is 0 Å².